The molecule has 2 atom stereocenters. The van der Waals surface area contributed by atoms with Crippen molar-refractivity contribution in [2.45, 2.75) is 31.3 Å². The van der Waals surface area contributed by atoms with Gasteiger partial charge in [-0.15, -0.1) is 13.2 Å². The Balaban J connectivity index is 2.18. The first-order valence-corrected chi connectivity index (χ1v) is 11.0. The fourth-order valence-electron chi connectivity index (χ4n) is 2.96. The van der Waals surface area contributed by atoms with Crippen LogP contribution in [0.2, 0.25) is 0 Å². The molecular weight excluding hydrogens is 476 g/mol. The summed E-state index contributed by atoms with van der Waals surface area (Å²) in [5.74, 6) is 0.256. The molecule has 32 heavy (non-hydrogen) atoms. The maximum absolute atomic E-state index is 13.0. The highest BCUT2D eigenvalue weighted by Gasteiger charge is 2.25. The zero-order chi connectivity index (χ0) is 23.3. The van der Waals surface area contributed by atoms with E-state index >= 15 is 0 Å². The summed E-state index contributed by atoms with van der Waals surface area (Å²) < 4.78 is 11.1. The number of nitrogens with one attached hydrogen (secondary N) is 3. The summed E-state index contributed by atoms with van der Waals surface area (Å²) in [6.07, 6.45) is 5.92. The van der Waals surface area contributed by atoms with Crippen molar-refractivity contribution in [2.75, 3.05) is 20.3 Å². The molecule has 2 amide bonds. The number of rotatable bonds is 13. The molecule has 9 heteroatoms. The van der Waals surface area contributed by atoms with E-state index in [2.05, 4.69) is 54.4 Å². The van der Waals surface area contributed by atoms with Crippen LogP contribution in [0.25, 0.3) is 11.3 Å². The molecule has 8 nitrogen and oxygen atoms in total. The van der Waals surface area contributed by atoms with Gasteiger partial charge in [0.05, 0.1) is 25.5 Å². The summed E-state index contributed by atoms with van der Waals surface area (Å²) in [5.41, 5.74) is 1.70. The van der Waals surface area contributed by atoms with E-state index in [1.54, 1.807) is 18.3 Å². The first kappa shape index (κ1) is 25.4. The molecule has 2 rings (SSSR count). The first-order chi connectivity index (χ1) is 15.5. The number of ether oxygens (including phenoxy) is 2. The van der Waals surface area contributed by atoms with Crippen molar-refractivity contribution >= 4 is 27.9 Å². The van der Waals surface area contributed by atoms with Gasteiger partial charge < -0.3 is 25.1 Å². The molecule has 2 unspecified atom stereocenters. The number of halogens is 1. The van der Waals surface area contributed by atoms with Crippen LogP contribution in [0.1, 0.15) is 31.1 Å². The maximum atomic E-state index is 13.0. The van der Waals surface area contributed by atoms with Gasteiger partial charge in [-0.2, -0.15) is 0 Å². The van der Waals surface area contributed by atoms with Gasteiger partial charge in [-0.25, -0.2) is 9.78 Å². The number of carbonyl (C=O) groups is 2. The molecule has 0 spiro atoms. The number of carbonyl (C=O) groups excluding carboxylic acids is 2. The van der Waals surface area contributed by atoms with Crippen LogP contribution in [0.4, 0.5) is 4.79 Å². The Bertz CT molecular complexity index is 898. The van der Waals surface area contributed by atoms with Crippen LogP contribution >= 0.6 is 15.9 Å². The molecule has 2 aromatic rings. The molecule has 1 aromatic carbocycles. The van der Waals surface area contributed by atoms with Gasteiger partial charge >= 0.3 is 6.09 Å². The van der Waals surface area contributed by atoms with E-state index in [9.17, 15) is 9.59 Å². The Morgan fingerprint density at radius 2 is 1.94 bits per heavy atom. The van der Waals surface area contributed by atoms with Crippen molar-refractivity contribution in [2.24, 2.45) is 0 Å². The van der Waals surface area contributed by atoms with E-state index in [1.807, 2.05) is 24.3 Å². The molecular formula is C23H29BrN4O4. The zero-order valence-corrected chi connectivity index (χ0v) is 19.7. The molecule has 0 aliphatic rings. The van der Waals surface area contributed by atoms with E-state index in [4.69, 9.17) is 4.74 Å². The SMILES string of the molecule is C=CCCC(NC(=O)OC)C(=O)NC(CCOCC=C)c1nc(-c2ccc(Br)cc2)c[nH]1. The van der Waals surface area contributed by atoms with Crippen molar-refractivity contribution in [3.05, 3.63) is 66.1 Å². The lowest BCUT2D eigenvalue weighted by Gasteiger charge is -2.22. The van der Waals surface area contributed by atoms with Gasteiger partial charge in [-0.1, -0.05) is 40.2 Å². The number of allylic oxidation sites excluding steroid dienone is 1. The normalized spacial score (nSPS) is 12.4. The minimum atomic E-state index is -0.766. The average molecular weight is 505 g/mol. The smallest absolute Gasteiger partial charge is 0.407 e. The fraction of sp³-hybridized carbons (Fsp3) is 0.348. The number of hydrogen-bond donors (Lipinski definition) is 3. The molecule has 0 aliphatic heterocycles. The number of methoxy groups -OCH3 is 1. The molecule has 1 aromatic heterocycles. The lowest BCUT2D eigenvalue weighted by Crippen LogP contribution is -2.47. The molecule has 1 heterocycles. The van der Waals surface area contributed by atoms with Crippen molar-refractivity contribution in [3.8, 4) is 11.3 Å². The standard InChI is InChI=1S/C23H29BrN4O4/c1-4-6-7-19(28-23(30)31-3)22(29)27-18(12-14-32-13-5-2)21-25-15-20(26-21)16-8-10-17(24)11-9-16/h4-5,8-11,15,18-19H,1-2,6-7,12-14H2,3H3,(H,25,26)(H,27,29)(H,28,30). The first-order valence-electron chi connectivity index (χ1n) is 10.2. The average Bonchev–Trinajstić information content (AvgIpc) is 3.29. The maximum Gasteiger partial charge on any atom is 0.407 e. The second-order valence-electron chi connectivity index (χ2n) is 6.95. The quantitative estimate of drug-likeness (QED) is 0.279. The van der Waals surface area contributed by atoms with Gasteiger partial charge in [-0.3, -0.25) is 4.79 Å². The summed E-state index contributed by atoms with van der Waals surface area (Å²) in [7, 11) is 1.25. The number of aromatic nitrogens is 2. The number of benzene rings is 1. The van der Waals surface area contributed by atoms with E-state index in [0.717, 1.165) is 15.7 Å². The van der Waals surface area contributed by atoms with E-state index in [1.165, 1.54) is 7.11 Å². The number of nitrogens with zero attached hydrogens (tertiary/aromatic N) is 1. The van der Waals surface area contributed by atoms with Crippen LogP contribution < -0.4 is 10.6 Å². The predicted molar refractivity (Wildman–Crippen MR) is 127 cm³/mol. The third-order valence-corrected chi connectivity index (χ3v) is 5.15. The number of amides is 2. The van der Waals surface area contributed by atoms with Crippen molar-refractivity contribution in [1.82, 2.24) is 20.6 Å². The molecule has 0 bridgehead atoms. The van der Waals surface area contributed by atoms with Gasteiger partial charge in [0.15, 0.2) is 0 Å². The Morgan fingerprint density at radius 3 is 2.59 bits per heavy atom. The van der Waals surface area contributed by atoms with E-state index < -0.39 is 18.2 Å². The third kappa shape index (κ3) is 7.97. The van der Waals surface area contributed by atoms with Crippen LogP contribution in [0.5, 0.6) is 0 Å². The van der Waals surface area contributed by atoms with Gasteiger partial charge in [0.25, 0.3) is 0 Å². The second kappa shape index (κ2) is 13.5. The molecule has 3 N–H and O–H groups in total. The highest BCUT2D eigenvalue weighted by molar-refractivity contribution is 9.10. The van der Waals surface area contributed by atoms with Crippen molar-refractivity contribution in [3.63, 3.8) is 0 Å². The van der Waals surface area contributed by atoms with Gasteiger partial charge in [0.2, 0.25) is 5.91 Å². The summed E-state index contributed by atoms with van der Waals surface area (Å²) in [5, 5.41) is 5.54. The Labute approximate surface area is 196 Å². The summed E-state index contributed by atoms with van der Waals surface area (Å²) >= 11 is 3.43. The third-order valence-electron chi connectivity index (χ3n) is 4.62. The number of alkyl carbamates (subject to hydrolysis) is 1. The molecule has 0 saturated heterocycles. The van der Waals surface area contributed by atoms with Crippen LogP contribution in [-0.4, -0.2) is 48.3 Å². The number of imidazole rings is 1. The predicted octanol–water partition coefficient (Wildman–Crippen LogP) is 4.28. The minimum absolute atomic E-state index is 0.340. The molecule has 172 valence electrons. The Morgan fingerprint density at radius 1 is 1.19 bits per heavy atom. The molecule has 0 radical (unpaired) electrons. The number of hydrogen-bond acceptors (Lipinski definition) is 5. The highest BCUT2D eigenvalue weighted by atomic mass is 79.9. The number of H-pyrrole nitrogens is 1. The molecule has 0 aliphatic carbocycles. The lowest BCUT2D eigenvalue weighted by molar-refractivity contribution is -0.124. The summed E-state index contributed by atoms with van der Waals surface area (Å²) in [6.45, 7) is 8.12. The molecule has 0 fully saturated rings. The zero-order valence-electron chi connectivity index (χ0n) is 18.1. The van der Waals surface area contributed by atoms with Gasteiger partial charge in [0, 0.05) is 22.8 Å². The lowest BCUT2D eigenvalue weighted by atomic mass is 10.1. The monoisotopic (exact) mass is 504 g/mol. The van der Waals surface area contributed by atoms with Gasteiger partial charge in [-0.05, 0) is 31.4 Å². The fourth-order valence-corrected chi connectivity index (χ4v) is 3.22. The van der Waals surface area contributed by atoms with E-state index in [-0.39, 0.29) is 5.91 Å². The van der Waals surface area contributed by atoms with Gasteiger partial charge in [0.1, 0.15) is 11.9 Å². The largest absolute Gasteiger partial charge is 0.453 e. The summed E-state index contributed by atoms with van der Waals surface area (Å²) in [4.78, 5) is 32.5. The highest BCUT2D eigenvalue weighted by Crippen LogP contribution is 2.23. The van der Waals surface area contributed by atoms with Crippen molar-refractivity contribution < 1.29 is 19.1 Å². The van der Waals surface area contributed by atoms with Crippen LogP contribution in [0.15, 0.2) is 60.2 Å². The Hall–Kier alpha value is -2.91. The van der Waals surface area contributed by atoms with Crippen LogP contribution in [-0.2, 0) is 14.3 Å². The number of aromatic amines is 1. The second-order valence-corrected chi connectivity index (χ2v) is 7.86. The topological polar surface area (TPSA) is 105 Å². The molecule has 0 saturated carbocycles. The summed E-state index contributed by atoms with van der Waals surface area (Å²) in [6, 6.07) is 6.58. The minimum Gasteiger partial charge on any atom is -0.453 e. The van der Waals surface area contributed by atoms with Crippen LogP contribution in [0, 0.1) is 0 Å². The Kier molecular flexibility index (Phi) is 10.7. The van der Waals surface area contributed by atoms with E-state index in [0.29, 0.717) is 38.3 Å². The van der Waals surface area contributed by atoms with Crippen molar-refractivity contribution in [1.29, 1.82) is 0 Å². The van der Waals surface area contributed by atoms with Crippen LogP contribution in [0.3, 0.4) is 0 Å².